The molecule has 2 rings (SSSR count). The summed E-state index contributed by atoms with van der Waals surface area (Å²) in [6.07, 6.45) is 2.07. The highest BCUT2D eigenvalue weighted by Crippen LogP contribution is 2.34. The lowest BCUT2D eigenvalue weighted by molar-refractivity contribution is 0.252. The third-order valence-corrected chi connectivity index (χ3v) is 5.21. The average molecular weight is 296 g/mol. The molecule has 0 aromatic heterocycles. The summed E-state index contributed by atoms with van der Waals surface area (Å²) in [6.45, 7) is 0. The van der Waals surface area contributed by atoms with E-state index in [0.29, 0.717) is 18.9 Å². The summed E-state index contributed by atoms with van der Waals surface area (Å²) in [5, 5.41) is 0. The number of nitrogens with one attached hydrogen (secondary N) is 1. The highest BCUT2D eigenvalue weighted by molar-refractivity contribution is 7.89. The van der Waals surface area contributed by atoms with Crippen LogP contribution >= 0.6 is 11.6 Å². The standard InChI is InChI=1S/C11H12ClF2NO2S/c12-7-11(4-1-5-11)15-18(16,17)10-6-8(13)2-3-9(10)14/h2-3,6,15H,1,4-5,7H2. The lowest BCUT2D eigenvalue weighted by atomic mass is 9.79. The van der Waals surface area contributed by atoms with Gasteiger partial charge in [-0.25, -0.2) is 21.9 Å². The van der Waals surface area contributed by atoms with Crippen LogP contribution < -0.4 is 4.72 Å². The Kier molecular flexibility index (Phi) is 3.62. The van der Waals surface area contributed by atoms with Crippen molar-refractivity contribution < 1.29 is 17.2 Å². The Labute approximate surface area is 109 Å². The maximum Gasteiger partial charge on any atom is 0.244 e. The topological polar surface area (TPSA) is 46.2 Å². The summed E-state index contributed by atoms with van der Waals surface area (Å²) in [7, 11) is -4.09. The number of benzene rings is 1. The van der Waals surface area contributed by atoms with Gasteiger partial charge >= 0.3 is 0 Å². The molecule has 1 aromatic carbocycles. The fraction of sp³-hybridized carbons (Fsp3) is 0.455. The first-order valence-corrected chi connectivity index (χ1v) is 7.45. The van der Waals surface area contributed by atoms with Crippen molar-refractivity contribution in [1.29, 1.82) is 0 Å². The van der Waals surface area contributed by atoms with Gasteiger partial charge < -0.3 is 0 Å². The van der Waals surface area contributed by atoms with E-state index in [0.717, 1.165) is 18.6 Å². The van der Waals surface area contributed by atoms with Gasteiger partial charge in [0.2, 0.25) is 10.0 Å². The minimum Gasteiger partial charge on any atom is -0.207 e. The van der Waals surface area contributed by atoms with Gasteiger partial charge in [0.05, 0.1) is 0 Å². The number of hydrogen-bond acceptors (Lipinski definition) is 2. The second-order valence-corrected chi connectivity index (χ2v) is 6.37. The molecule has 0 atom stereocenters. The number of rotatable bonds is 4. The van der Waals surface area contributed by atoms with Crippen molar-refractivity contribution in [3.63, 3.8) is 0 Å². The molecule has 100 valence electrons. The predicted molar refractivity (Wildman–Crippen MR) is 64.0 cm³/mol. The van der Waals surface area contributed by atoms with Gasteiger partial charge in [0.25, 0.3) is 0 Å². The van der Waals surface area contributed by atoms with Gasteiger partial charge in [-0.05, 0) is 37.5 Å². The summed E-state index contributed by atoms with van der Waals surface area (Å²) >= 11 is 5.73. The highest BCUT2D eigenvalue weighted by Gasteiger charge is 2.40. The minimum absolute atomic E-state index is 0.114. The Bertz CT molecular complexity index is 553. The molecular weight excluding hydrogens is 284 g/mol. The fourth-order valence-electron chi connectivity index (χ4n) is 1.89. The molecule has 7 heteroatoms. The van der Waals surface area contributed by atoms with Gasteiger partial charge in [-0.15, -0.1) is 11.6 Å². The lowest BCUT2D eigenvalue weighted by Gasteiger charge is -2.40. The Hall–Kier alpha value is -0.720. The van der Waals surface area contributed by atoms with Crippen molar-refractivity contribution in [3.8, 4) is 0 Å². The van der Waals surface area contributed by atoms with Crippen molar-refractivity contribution in [2.24, 2.45) is 0 Å². The van der Waals surface area contributed by atoms with Crippen molar-refractivity contribution >= 4 is 21.6 Å². The smallest absolute Gasteiger partial charge is 0.207 e. The molecule has 0 heterocycles. The number of alkyl halides is 1. The zero-order valence-electron chi connectivity index (χ0n) is 9.42. The van der Waals surface area contributed by atoms with Gasteiger partial charge in [-0.1, -0.05) is 0 Å². The van der Waals surface area contributed by atoms with Crippen molar-refractivity contribution in [3.05, 3.63) is 29.8 Å². The number of sulfonamides is 1. The van der Waals surface area contributed by atoms with Crippen LogP contribution in [0.3, 0.4) is 0 Å². The van der Waals surface area contributed by atoms with E-state index in [9.17, 15) is 17.2 Å². The quantitative estimate of drug-likeness (QED) is 0.867. The molecule has 0 saturated heterocycles. The van der Waals surface area contributed by atoms with Gasteiger partial charge in [-0.3, -0.25) is 0 Å². The number of hydrogen-bond donors (Lipinski definition) is 1. The van der Waals surface area contributed by atoms with Crippen molar-refractivity contribution in [1.82, 2.24) is 4.72 Å². The summed E-state index contributed by atoms with van der Waals surface area (Å²) in [6, 6.07) is 2.32. The molecule has 0 amide bonds. The molecule has 1 aliphatic carbocycles. The molecular formula is C11H12ClF2NO2S. The first-order chi connectivity index (χ1) is 8.38. The maximum atomic E-state index is 13.4. The molecule has 1 aromatic rings. The first-order valence-electron chi connectivity index (χ1n) is 5.44. The van der Waals surface area contributed by atoms with Crippen LogP contribution in [0, 0.1) is 11.6 Å². The van der Waals surface area contributed by atoms with E-state index in [4.69, 9.17) is 11.6 Å². The second kappa shape index (κ2) is 4.75. The predicted octanol–water partition coefficient (Wildman–Crippen LogP) is 2.40. The monoisotopic (exact) mass is 295 g/mol. The molecule has 0 spiro atoms. The zero-order valence-corrected chi connectivity index (χ0v) is 11.0. The normalized spacial score (nSPS) is 18.4. The summed E-state index contributed by atoms with van der Waals surface area (Å²) < 4.78 is 52.8. The minimum atomic E-state index is -4.09. The second-order valence-electron chi connectivity index (χ2n) is 4.45. The van der Waals surface area contributed by atoms with Crippen LogP contribution in [0.1, 0.15) is 19.3 Å². The SMILES string of the molecule is O=S(=O)(NC1(CCl)CCC1)c1cc(F)ccc1F. The van der Waals surface area contributed by atoms with Gasteiger partial charge in [-0.2, -0.15) is 0 Å². The largest absolute Gasteiger partial charge is 0.244 e. The maximum absolute atomic E-state index is 13.4. The number of halogens is 3. The summed E-state index contributed by atoms with van der Waals surface area (Å²) in [5.41, 5.74) is -0.723. The molecule has 18 heavy (non-hydrogen) atoms. The molecule has 0 aliphatic heterocycles. The Morgan fingerprint density at radius 3 is 2.50 bits per heavy atom. The van der Waals surface area contributed by atoms with E-state index in [1.165, 1.54) is 0 Å². The van der Waals surface area contributed by atoms with E-state index in [-0.39, 0.29) is 5.88 Å². The molecule has 0 radical (unpaired) electrons. The van der Waals surface area contributed by atoms with Crippen LogP contribution in [-0.4, -0.2) is 19.8 Å². The van der Waals surface area contributed by atoms with Crippen LogP contribution in [0.4, 0.5) is 8.78 Å². The van der Waals surface area contributed by atoms with Crippen LogP contribution in [0.5, 0.6) is 0 Å². The van der Waals surface area contributed by atoms with Crippen molar-refractivity contribution in [2.45, 2.75) is 29.7 Å². The van der Waals surface area contributed by atoms with Crippen molar-refractivity contribution in [2.75, 3.05) is 5.88 Å². The van der Waals surface area contributed by atoms with E-state index in [1.54, 1.807) is 0 Å². The Balaban J connectivity index is 2.33. The van der Waals surface area contributed by atoms with Crippen LogP contribution in [0.2, 0.25) is 0 Å². The van der Waals surface area contributed by atoms with E-state index in [1.807, 2.05) is 0 Å². The van der Waals surface area contributed by atoms with Crippen LogP contribution in [0.15, 0.2) is 23.1 Å². The highest BCUT2D eigenvalue weighted by atomic mass is 35.5. The van der Waals surface area contributed by atoms with Gasteiger partial charge in [0.15, 0.2) is 0 Å². The molecule has 1 saturated carbocycles. The fourth-order valence-corrected chi connectivity index (χ4v) is 3.85. The van der Waals surface area contributed by atoms with Gasteiger partial charge in [0, 0.05) is 11.4 Å². The molecule has 1 N–H and O–H groups in total. The van der Waals surface area contributed by atoms with Crippen LogP contribution in [0.25, 0.3) is 0 Å². The molecule has 0 bridgehead atoms. The van der Waals surface area contributed by atoms with E-state index >= 15 is 0 Å². The third kappa shape index (κ3) is 2.50. The van der Waals surface area contributed by atoms with Crippen LogP contribution in [-0.2, 0) is 10.0 Å². The molecule has 3 nitrogen and oxygen atoms in total. The van der Waals surface area contributed by atoms with E-state index in [2.05, 4.69) is 4.72 Å². The molecule has 1 aliphatic rings. The molecule has 0 unspecified atom stereocenters. The lowest BCUT2D eigenvalue weighted by Crippen LogP contribution is -2.54. The Morgan fingerprint density at radius 1 is 1.33 bits per heavy atom. The summed E-state index contributed by atoms with van der Waals surface area (Å²) in [4.78, 5) is -0.682. The molecule has 1 fully saturated rings. The average Bonchev–Trinajstić information content (AvgIpc) is 2.27. The summed E-state index contributed by atoms with van der Waals surface area (Å²) in [5.74, 6) is -1.67. The zero-order chi connectivity index (χ0) is 13.4. The third-order valence-electron chi connectivity index (χ3n) is 3.10. The van der Waals surface area contributed by atoms with Gasteiger partial charge in [0.1, 0.15) is 16.5 Å². The first kappa shape index (κ1) is 13.7. The van der Waals surface area contributed by atoms with E-state index < -0.39 is 32.1 Å². The Morgan fingerprint density at radius 2 is 2.00 bits per heavy atom.